The molecule has 18 heavy (non-hydrogen) atoms. The van der Waals surface area contributed by atoms with Gasteiger partial charge in [-0.05, 0) is 36.8 Å². The van der Waals surface area contributed by atoms with Gasteiger partial charge in [-0.3, -0.25) is 0 Å². The molecule has 0 heterocycles. The van der Waals surface area contributed by atoms with E-state index in [1.165, 1.54) is 30.4 Å². The van der Waals surface area contributed by atoms with E-state index < -0.39 is 0 Å². The molecular formula is C17H29N. The van der Waals surface area contributed by atoms with Crippen molar-refractivity contribution < 1.29 is 0 Å². The minimum atomic E-state index is 0.619. The predicted molar refractivity (Wildman–Crippen MR) is 80.8 cm³/mol. The minimum absolute atomic E-state index is 0.619. The Balaban J connectivity index is 2.31. The third-order valence-corrected chi connectivity index (χ3v) is 3.56. The van der Waals surface area contributed by atoms with Gasteiger partial charge in [0.25, 0.3) is 0 Å². The van der Waals surface area contributed by atoms with Gasteiger partial charge < -0.3 is 5.32 Å². The average Bonchev–Trinajstić information content (AvgIpc) is 2.36. The molecule has 0 aliphatic rings. The monoisotopic (exact) mass is 247 g/mol. The molecule has 0 bridgehead atoms. The van der Waals surface area contributed by atoms with E-state index in [4.69, 9.17) is 0 Å². The van der Waals surface area contributed by atoms with Gasteiger partial charge in [-0.25, -0.2) is 0 Å². The number of hydrogen-bond acceptors (Lipinski definition) is 1. The standard InChI is InChI=1S/C17H29N/c1-5-16-11-6-7-12-17(16)13-18-15(4)10-8-9-14(2)3/h6-7,11-12,14-15,18H,5,8-10,13H2,1-4H3. The number of hydrogen-bond donors (Lipinski definition) is 1. The molecule has 1 heteroatoms. The van der Waals surface area contributed by atoms with Crippen LogP contribution in [0.2, 0.25) is 0 Å². The Bertz CT molecular complexity index is 330. The second-order valence-corrected chi connectivity index (χ2v) is 5.73. The molecule has 0 aliphatic carbocycles. The third-order valence-electron chi connectivity index (χ3n) is 3.56. The van der Waals surface area contributed by atoms with Crippen LogP contribution in [0, 0.1) is 5.92 Å². The maximum atomic E-state index is 3.65. The lowest BCUT2D eigenvalue weighted by Gasteiger charge is -2.16. The summed E-state index contributed by atoms with van der Waals surface area (Å²) in [6.45, 7) is 10.1. The van der Waals surface area contributed by atoms with Gasteiger partial charge in [-0.2, -0.15) is 0 Å². The first-order valence-corrected chi connectivity index (χ1v) is 7.43. The lowest BCUT2D eigenvalue weighted by molar-refractivity contribution is 0.456. The Kier molecular flexibility index (Phi) is 7.04. The number of rotatable bonds is 8. The van der Waals surface area contributed by atoms with E-state index in [0.29, 0.717) is 6.04 Å². The summed E-state index contributed by atoms with van der Waals surface area (Å²) < 4.78 is 0. The van der Waals surface area contributed by atoms with Crippen LogP contribution >= 0.6 is 0 Å². The molecule has 1 atom stereocenters. The molecule has 1 nitrogen and oxygen atoms in total. The van der Waals surface area contributed by atoms with Crippen LogP contribution in [0.3, 0.4) is 0 Å². The van der Waals surface area contributed by atoms with Gasteiger partial charge in [0.1, 0.15) is 0 Å². The van der Waals surface area contributed by atoms with Crippen LogP contribution in [-0.2, 0) is 13.0 Å². The topological polar surface area (TPSA) is 12.0 Å². The molecule has 0 fully saturated rings. The molecule has 0 aromatic heterocycles. The molecule has 0 aliphatic heterocycles. The largest absolute Gasteiger partial charge is 0.310 e. The van der Waals surface area contributed by atoms with Crippen LogP contribution in [0.5, 0.6) is 0 Å². The zero-order chi connectivity index (χ0) is 13.4. The number of nitrogens with one attached hydrogen (secondary N) is 1. The summed E-state index contributed by atoms with van der Waals surface area (Å²) in [6, 6.07) is 9.37. The van der Waals surface area contributed by atoms with Crippen molar-refractivity contribution in [2.45, 2.75) is 66.0 Å². The van der Waals surface area contributed by atoms with E-state index in [2.05, 4.69) is 57.3 Å². The van der Waals surface area contributed by atoms with Crippen LogP contribution in [-0.4, -0.2) is 6.04 Å². The van der Waals surface area contributed by atoms with Crippen molar-refractivity contribution in [1.82, 2.24) is 5.32 Å². The maximum absolute atomic E-state index is 3.65. The fraction of sp³-hybridized carbons (Fsp3) is 0.647. The molecule has 0 radical (unpaired) electrons. The van der Waals surface area contributed by atoms with Crippen LogP contribution < -0.4 is 5.32 Å². The van der Waals surface area contributed by atoms with Gasteiger partial charge in [-0.15, -0.1) is 0 Å². The number of benzene rings is 1. The smallest absolute Gasteiger partial charge is 0.0210 e. The first-order valence-electron chi connectivity index (χ1n) is 7.43. The van der Waals surface area contributed by atoms with E-state index in [1.54, 1.807) is 0 Å². The predicted octanol–water partition coefficient (Wildman–Crippen LogP) is 4.55. The molecule has 0 amide bonds. The Morgan fingerprint density at radius 3 is 2.28 bits per heavy atom. The lowest BCUT2D eigenvalue weighted by atomic mass is 10.0. The van der Waals surface area contributed by atoms with Crippen LogP contribution in [0.25, 0.3) is 0 Å². The van der Waals surface area contributed by atoms with Crippen LogP contribution in [0.4, 0.5) is 0 Å². The van der Waals surface area contributed by atoms with Gasteiger partial charge in [0.05, 0.1) is 0 Å². The van der Waals surface area contributed by atoms with E-state index in [-0.39, 0.29) is 0 Å². The van der Waals surface area contributed by atoms with Crippen LogP contribution in [0.15, 0.2) is 24.3 Å². The van der Waals surface area contributed by atoms with Gasteiger partial charge in [0.15, 0.2) is 0 Å². The quantitative estimate of drug-likeness (QED) is 0.710. The van der Waals surface area contributed by atoms with Gasteiger partial charge in [-0.1, -0.05) is 57.9 Å². The van der Waals surface area contributed by atoms with Crippen molar-refractivity contribution in [1.29, 1.82) is 0 Å². The van der Waals surface area contributed by atoms with Crippen LogP contribution in [0.1, 0.15) is 58.1 Å². The molecule has 102 valence electrons. The summed E-state index contributed by atoms with van der Waals surface area (Å²) in [7, 11) is 0. The molecule has 0 spiro atoms. The highest BCUT2D eigenvalue weighted by Gasteiger charge is 2.04. The van der Waals surface area contributed by atoms with Gasteiger partial charge in [0, 0.05) is 12.6 Å². The summed E-state index contributed by atoms with van der Waals surface area (Å²) in [5, 5.41) is 3.65. The summed E-state index contributed by atoms with van der Waals surface area (Å²) >= 11 is 0. The van der Waals surface area contributed by atoms with Crippen molar-refractivity contribution in [3.8, 4) is 0 Å². The molecule has 0 saturated heterocycles. The zero-order valence-corrected chi connectivity index (χ0v) is 12.5. The summed E-state index contributed by atoms with van der Waals surface area (Å²) in [4.78, 5) is 0. The summed E-state index contributed by atoms with van der Waals surface area (Å²) in [5.41, 5.74) is 2.93. The molecule has 1 aromatic carbocycles. The fourth-order valence-electron chi connectivity index (χ4n) is 2.29. The van der Waals surface area contributed by atoms with E-state index in [9.17, 15) is 0 Å². The van der Waals surface area contributed by atoms with E-state index in [0.717, 1.165) is 18.9 Å². The maximum Gasteiger partial charge on any atom is 0.0210 e. The lowest BCUT2D eigenvalue weighted by Crippen LogP contribution is -2.25. The van der Waals surface area contributed by atoms with Gasteiger partial charge in [0.2, 0.25) is 0 Å². The fourth-order valence-corrected chi connectivity index (χ4v) is 2.29. The normalized spacial score (nSPS) is 12.9. The second kappa shape index (κ2) is 8.31. The minimum Gasteiger partial charge on any atom is -0.310 e. The van der Waals surface area contributed by atoms with Crippen molar-refractivity contribution in [2.24, 2.45) is 5.92 Å². The Morgan fingerprint density at radius 1 is 1.00 bits per heavy atom. The molecular weight excluding hydrogens is 218 g/mol. The highest BCUT2D eigenvalue weighted by Crippen LogP contribution is 2.11. The Labute approximate surface area is 113 Å². The van der Waals surface area contributed by atoms with Crippen molar-refractivity contribution in [3.05, 3.63) is 35.4 Å². The first-order chi connectivity index (χ1) is 8.63. The van der Waals surface area contributed by atoms with Crippen molar-refractivity contribution in [2.75, 3.05) is 0 Å². The average molecular weight is 247 g/mol. The molecule has 1 rings (SSSR count). The van der Waals surface area contributed by atoms with E-state index >= 15 is 0 Å². The molecule has 1 N–H and O–H groups in total. The Hall–Kier alpha value is -0.820. The molecule has 1 aromatic rings. The summed E-state index contributed by atoms with van der Waals surface area (Å²) in [5.74, 6) is 0.831. The highest BCUT2D eigenvalue weighted by atomic mass is 14.9. The van der Waals surface area contributed by atoms with E-state index in [1.807, 2.05) is 0 Å². The Morgan fingerprint density at radius 2 is 1.67 bits per heavy atom. The number of aryl methyl sites for hydroxylation is 1. The SMILES string of the molecule is CCc1ccccc1CNC(C)CCCC(C)C. The molecule has 1 unspecified atom stereocenters. The van der Waals surface area contributed by atoms with Crippen molar-refractivity contribution in [3.63, 3.8) is 0 Å². The van der Waals surface area contributed by atoms with Crippen molar-refractivity contribution >= 4 is 0 Å². The summed E-state index contributed by atoms with van der Waals surface area (Å²) in [6.07, 6.45) is 5.09. The zero-order valence-electron chi connectivity index (χ0n) is 12.5. The van der Waals surface area contributed by atoms with Gasteiger partial charge >= 0.3 is 0 Å². The second-order valence-electron chi connectivity index (χ2n) is 5.73. The first kappa shape index (κ1) is 15.2. The highest BCUT2D eigenvalue weighted by molar-refractivity contribution is 5.26. The third kappa shape index (κ3) is 5.68. The molecule has 0 saturated carbocycles.